The topological polar surface area (TPSA) is 9.23 Å². The Morgan fingerprint density at radius 2 is 1.65 bits per heavy atom. The Hall–Kier alpha value is -0.613. The van der Waals surface area contributed by atoms with E-state index in [2.05, 4.69) is 74.1 Å². The number of halogens is 2. The van der Waals surface area contributed by atoms with Crippen LogP contribution in [-0.4, -0.2) is 8.32 Å². The Labute approximate surface area is 154 Å². The third-order valence-corrected chi connectivity index (χ3v) is 9.89. The second kappa shape index (κ2) is 7.10. The highest BCUT2D eigenvalue weighted by molar-refractivity contribution is 9.10. The van der Waals surface area contributed by atoms with Gasteiger partial charge in [-0.2, -0.15) is 0 Å². The predicted octanol–water partition coefficient (Wildman–Crippen LogP) is 7.29. The van der Waals surface area contributed by atoms with E-state index < -0.39 is 8.32 Å². The second-order valence-electron chi connectivity index (χ2n) is 7.37. The molecule has 0 heterocycles. The Balaban J connectivity index is 2.11. The molecule has 0 atom stereocenters. The molecule has 0 aromatic heterocycles. The average molecular weight is 412 g/mol. The fraction of sp³-hybridized carbons (Fsp3) is 0.368. The summed E-state index contributed by atoms with van der Waals surface area (Å²) in [6.07, 6.45) is 0. The van der Waals surface area contributed by atoms with Gasteiger partial charge in [0.15, 0.2) is 8.32 Å². The lowest BCUT2D eigenvalue weighted by Crippen LogP contribution is -2.40. The van der Waals surface area contributed by atoms with Gasteiger partial charge >= 0.3 is 0 Å². The van der Waals surface area contributed by atoms with E-state index >= 15 is 0 Å². The largest absolute Gasteiger partial charge is 0.413 e. The highest BCUT2D eigenvalue weighted by Gasteiger charge is 2.36. The monoisotopic (exact) mass is 410 g/mol. The van der Waals surface area contributed by atoms with Gasteiger partial charge in [-0.05, 0) is 41.4 Å². The van der Waals surface area contributed by atoms with E-state index in [1.54, 1.807) is 0 Å². The minimum Gasteiger partial charge on any atom is -0.413 e. The fourth-order valence-electron chi connectivity index (χ4n) is 1.98. The van der Waals surface area contributed by atoms with Crippen molar-refractivity contribution < 1.29 is 4.43 Å². The number of rotatable bonds is 4. The Kier molecular flexibility index (Phi) is 5.78. The van der Waals surface area contributed by atoms with Crippen LogP contribution in [0, 0.1) is 0 Å². The zero-order chi connectivity index (χ0) is 17.3. The van der Waals surface area contributed by atoms with Crippen LogP contribution in [0.2, 0.25) is 23.2 Å². The molecule has 0 amide bonds. The van der Waals surface area contributed by atoms with Gasteiger partial charge in [0, 0.05) is 15.1 Å². The molecule has 0 saturated heterocycles. The molecule has 23 heavy (non-hydrogen) atoms. The molecular weight excluding hydrogens is 388 g/mol. The summed E-state index contributed by atoms with van der Waals surface area (Å²) in [6, 6.07) is 14.4. The van der Waals surface area contributed by atoms with Crippen LogP contribution in [0.3, 0.4) is 0 Å². The number of hydrogen-bond donors (Lipinski definition) is 0. The van der Waals surface area contributed by atoms with Crippen molar-refractivity contribution in [1.82, 2.24) is 0 Å². The summed E-state index contributed by atoms with van der Waals surface area (Å²) in [5.74, 6) is 0. The lowest BCUT2D eigenvalue weighted by molar-refractivity contribution is 0.276. The Morgan fingerprint density at radius 1 is 1.04 bits per heavy atom. The molecule has 0 unspecified atom stereocenters. The Bertz CT molecular complexity index is 675. The standard InChI is InChI=1S/C19H24BrClOSi/c1-19(2,3)23(4,5)22-13-14-6-8-15(9-7-14)17-11-10-16(20)12-18(17)21/h6-12H,13H2,1-5H3. The molecule has 4 heteroatoms. The van der Waals surface area contributed by atoms with Gasteiger partial charge in [0.2, 0.25) is 0 Å². The predicted molar refractivity (Wildman–Crippen MR) is 107 cm³/mol. The minimum absolute atomic E-state index is 0.234. The maximum atomic E-state index is 6.33. The summed E-state index contributed by atoms with van der Waals surface area (Å²) < 4.78 is 7.26. The zero-order valence-electron chi connectivity index (χ0n) is 14.4. The molecule has 0 aliphatic rings. The summed E-state index contributed by atoms with van der Waals surface area (Å²) in [5.41, 5.74) is 3.37. The molecule has 0 N–H and O–H groups in total. The van der Waals surface area contributed by atoms with Crippen molar-refractivity contribution in [2.45, 2.75) is 45.5 Å². The molecule has 0 aliphatic carbocycles. The smallest absolute Gasteiger partial charge is 0.192 e. The van der Waals surface area contributed by atoms with Gasteiger partial charge in [-0.15, -0.1) is 0 Å². The molecule has 124 valence electrons. The SMILES string of the molecule is CC(C)(C)[Si](C)(C)OCc1ccc(-c2ccc(Br)cc2Cl)cc1. The zero-order valence-corrected chi connectivity index (χ0v) is 17.8. The molecule has 2 aromatic carbocycles. The second-order valence-corrected chi connectivity index (χ2v) is 13.5. The van der Waals surface area contributed by atoms with Crippen LogP contribution in [0.5, 0.6) is 0 Å². The first-order chi connectivity index (χ1) is 10.6. The third-order valence-electron chi connectivity index (χ3n) is 4.60. The number of benzene rings is 2. The van der Waals surface area contributed by atoms with Crippen molar-refractivity contribution in [2.24, 2.45) is 0 Å². The highest BCUT2D eigenvalue weighted by atomic mass is 79.9. The van der Waals surface area contributed by atoms with Gasteiger partial charge in [-0.3, -0.25) is 0 Å². The Morgan fingerprint density at radius 3 is 2.17 bits per heavy atom. The third kappa shape index (κ3) is 4.69. The van der Waals surface area contributed by atoms with E-state index in [1.807, 2.05) is 18.2 Å². The van der Waals surface area contributed by atoms with Crippen molar-refractivity contribution >= 4 is 35.8 Å². The van der Waals surface area contributed by atoms with E-state index in [0.29, 0.717) is 6.61 Å². The van der Waals surface area contributed by atoms with E-state index in [1.165, 1.54) is 5.56 Å². The van der Waals surface area contributed by atoms with Crippen molar-refractivity contribution in [3.05, 3.63) is 57.5 Å². The molecule has 0 radical (unpaired) electrons. The summed E-state index contributed by atoms with van der Waals surface area (Å²) in [7, 11) is -1.71. The van der Waals surface area contributed by atoms with Crippen molar-refractivity contribution in [3.8, 4) is 11.1 Å². The molecular formula is C19H24BrClOSi. The van der Waals surface area contributed by atoms with Gasteiger partial charge < -0.3 is 4.43 Å². The van der Waals surface area contributed by atoms with Crippen molar-refractivity contribution in [2.75, 3.05) is 0 Å². The first kappa shape index (κ1) is 18.7. The van der Waals surface area contributed by atoms with Gasteiger partial charge in [-0.1, -0.05) is 78.6 Å². The van der Waals surface area contributed by atoms with Crippen LogP contribution in [0.4, 0.5) is 0 Å². The van der Waals surface area contributed by atoms with E-state index in [4.69, 9.17) is 16.0 Å². The van der Waals surface area contributed by atoms with E-state index in [0.717, 1.165) is 20.6 Å². The summed E-state index contributed by atoms with van der Waals surface area (Å²) in [5, 5.41) is 0.988. The maximum absolute atomic E-state index is 6.33. The molecule has 1 nitrogen and oxygen atoms in total. The van der Waals surface area contributed by atoms with Crippen molar-refractivity contribution in [3.63, 3.8) is 0 Å². The quantitative estimate of drug-likeness (QED) is 0.480. The van der Waals surface area contributed by atoms with Crippen LogP contribution in [0.15, 0.2) is 46.9 Å². The molecule has 2 aromatic rings. The molecule has 0 bridgehead atoms. The molecule has 0 fully saturated rings. The van der Waals surface area contributed by atoms with Gasteiger partial charge in [0.25, 0.3) is 0 Å². The summed E-state index contributed by atoms with van der Waals surface area (Å²) >= 11 is 9.76. The van der Waals surface area contributed by atoms with E-state index in [-0.39, 0.29) is 5.04 Å². The molecule has 2 rings (SSSR count). The van der Waals surface area contributed by atoms with Gasteiger partial charge in [0.1, 0.15) is 0 Å². The molecule has 0 aliphatic heterocycles. The first-order valence-corrected chi connectivity index (χ1v) is 11.9. The fourth-order valence-corrected chi connectivity index (χ4v) is 3.73. The van der Waals surface area contributed by atoms with Crippen LogP contribution in [0.25, 0.3) is 11.1 Å². The average Bonchev–Trinajstić information content (AvgIpc) is 2.45. The van der Waals surface area contributed by atoms with Crippen molar-refractivity contribution in [1.29, 1.82) is 0 Å². The van der Waals surface area contributed by atoms with E-state index in [9.17, 15) is 0 Å². The van der Waals surface area contributed by atoms with Gasteiger partial charge in [0.05, 0.1) is 6.61 Å². The summed E-state index contributed by atoms with van der Waals surface area (Å²) in [4.78, 5) is 0. The van der Waals surface area contributed by atoms with Gasteiger partial charge in [-0.25, -0.2) is 0 Å². The minimum atomic E-state index is -1.71. The lowest BCUT2D eigenvalue weighted by atomic mass is 10.0. The van der Waals surface area contributed by atoms with Crippen LogP contribution in [0.1, 0.15) is 26.3 Å². The normalized spacial score (nSPS) is 12.5. The first-order valence-electron chi connectivity index (χ1n) is 7.78. The lowest BCUT2D eigenvalue weighted by Gasteiger charge is -2.36. The number of hydrogen-bond acceptors (Lipinski definition) is 1. The van der Waals surface area contributed by atoms with Crippen LogP contribution < -0.4 is 0 Å². The molecule has 0 saturated carbocycles. The summed E-state index contributed by atoms with van der Waals surface area (Å²) in [6.45, 7) is 12.0. The maximum Gasteiger partial charge on any atom is 0.192 e. The van der Waals surface area contributed by atoms with Crippen LogP contribution >= 0.6 is 27.5 Å². The molecule has 0 spiro atoms. The highest BCUT2D eigenvalue weighted by Crippen LogP contribution is 2.37. The van der Waals surface area contributed by atoms with Crippen LogP contribution in [-0.2, 0) is 11.0 Å².